The van der Waals surface area contributed by atoms with Crippen LogP contribution in [0.3, 0.4) is 0 Å². The molecule has 92 valence electrons. The van der Waals surface area contributed by atoms with Gasteiger partial charge in [0.05, 0.1) is 10.7 Å². The summed E-state index contributed by atoms with van der Waals surface area (Å²) in [6, 6.07) is 6.39. The molecule has 1 aliphatic heterocycles. The Labute approximate surface area is 108 Å². The molecule has 0 atom stereocenters. The van der Waals surface area contributed by atoms with Gasteiger partial charge in [-0.3, -0.25) is 0 Å². The lowest BCUT2D eigenvalue weighted by Crippen LogP contribution is -2.43. The van der Waals surface area contributed by atoms with Gasteiger partial charge in [0.2, 0.25) is 0 Å². The quantitative estimate of drug-likeness (QED) is 0.873. The second kappa shape index (κ2) is 4.18. The molecule has 1 aromatic rings. The van der Waals surface area contributed by atoms with Gasteiger partial charge in [-0.1, -0.05) is 17.7 Å². The van der Waals surface area contributed by atoms with Crippen molar-refractivity contribution in [1.29, 1.82) is 0 Å². The fourth-order valence-corrected chi connectivity index (χ4v) is 3.18. The van der Waals surface area contributed by atoms with E-state index < -0.39 is 0 Å². The summed E-state index contributed by atoms with van der Waals surface area (Å²) in [5, 5.41) is 0.862. The molecule has 0 bridgehead atoms. The van der Waals surface area contributed by atoms with Crippen LogP contribution in [0.15, 0.2) is 18.2 Å². The van der Waals surface area contributed by atoms with Gasteiger partial charge < -0.3 is 10.6 Å². The molecule has 0 radical (unpaired) electrons. The average molecular weight is 251 g/mol. The van der Waals surface area contributed by atoms with Gasteiger partial charge in [0.25, 0.3) is 0 Å². The van der Waals surface area contributed by atoms with Gasteiger partial charge >= 0.3 is 0 Å². The zero-order valence-electron chi connectivity index (χ0n) is 10.1. The summed E-state index contributed by atoms with van der Waals surface area (Å²) >= 11 is 6.40. The minimum absolute atomic E-state index is 0.104. The van der Waals surface area contributed by atoms with Crippen LogP contribution in [-0.2, 0) is 5.54 Å². The smallest absolute Gasteiger partial charge is 0.0643 e. The summed E-state index contributed by atoms with van der Waals surface area (Å²) in [5.41, 5.74) is 8.60. The molecule has 17 heavy (non-hydrogen) atoms. The first-order chi connectivity index (χ1) is 8.19. The van der Waals surface area contributed by atoms with Crippen molar-refractivity contribution < 1.29 is 0 Å². The van der Waals surface area contributed by atoms with Gasteiger partial charge in [0.1, 0.15) is 0 Å². The van der Waals surface area contributed by atoms with E-state index in [-0.39, 0.29) is 5.54 Å². The SMILES string of the molecule is NC1(c2ccc(N3CCCC3)c(Cl)c2)CCC1. The molecule has 0 unspecified atom stereocenters. The molecule has 2 fully saturated rings. The lowest BCUT2D eigenvalue weighted by Gasteiger charge is -2.39. The van der Waals surface area contributed by atoms with Gasteiger partial charge in [0.15, 0.2) is 0 Å². The number of hydrogen-bond acceptors (Lipinski definition) is 2. The van der Waals surface area contributed by atoms with Gasteiger partial charge in [-0.25, -0.2) is 0 Å². The van der Waals surface area contributed by atoms with Crippen LogP contribution in [0.25, 0.3) is 0 Å². The summed E-state index contributed by atoms with van der Waals surface area (Å²) in [5.74, 6) is 0. The highest BCUT2D eigenvalue weighted by Crippen LogP contribution is 2.41. The number of benzene rings is 1. The maximum absolute atomic E-state index is 6.40. The fourth-order valence-electron chi connectivity index (χ4n) is 2.88. The van der Waals surface area contributed by atoms with E-state index in [0.29, 0.717) is 0 Å². The van der Waals surface area contributed by atoms with Crippen LogP contribution in [0.4, 0.5) is 5.69 Å². The molecule has 2 nitrogen and oxygen atoms in total. The van der Waals surface area contributed by atoms with Gasteiger partial charge in [-0.15, -0.1) is 0 Å². The number of anilines is 1. The number of rotatable bonds is 2. The van der Waals surface area contributed by atoms with Gasteiger partial charge in [-0.05, 0) is 49.8 Å². The van der Waals surface area contributed by atoms with Crippen molar-refractivity contribution in [3.63, 3.8) is 0 Å². The molecule has 2 aliphatic rings. The summed E-state index contributed by atoms with van der Waals surface area (Å²) in [6.07, 6.45) is 5.97. The predicted octanol–water partition coefficient (Wildman–Crippen LogP) is 3.28. The first-order valence-corrected chi connectivity index (χ1v) is 6.91. The Balaban J connectivity index is 1.88. The lowest BCUT2D eigenvalue weighted by atomic mass is 9.73. The zero-order chi connectivity index (χ0) is 11.9. The second-order valence-electron chi connectivity index (χ2n) is 5.37. The fraction of sp³-hybridized carbons (Fsp3) is 0.571. The Kier molecular flexibility index (Phi) is 2.80. The highest BCUT2D eigenvalue weighted by atomic mass is 35.5. The summed E-state index contributed by atoms with van der Waals surface area (Å²) in [4.78, 5) is 2.37. The number of nitrogens with zero attached hydrogens (tertiary/aromatic N) is 1. The van der Waals surface area contributed by atoms with Crippen LogP contribution in [0, 0.1) is 0 Å². The predicted molar refractivity (Wildman–Crippen MR) is 72.6 cm³/mol. The maximum Gasteiger partial charge on any atom is 0.0643 e. The lowest BCUT2D eigenvalue weighted by molar-refractivity contribution is 0.253. The summed E-state index contributed by atoms with van der Waals surface area (Å²) in [6.45, 7) is 2.26. The van der Waals surface area contributed by atoms with Crippen molar-refractivity contribution in [3.05, 3.63) is 28.8 Å². The van der Waals surface area contributed by atoms with Gasteiger partial charge in [0, 0.05) is 18.6 Å². The molecule has 1 aromatic carbocycles. The van der Waals surface area contributed by atoms with Crippen molar-refractivity contribution in [2.24, 2.45) is 5.73 Å². The van der Waals surface area contributed by atoms with Crippen molar-refractivity contribution in [2.45, 2.75) is 37.6 Å². The van der Waals surface area contributed by atoms with Crippen molar-refractivity contribution in [3.8, 4) is 0 Å². The van der Waals surface area contributed by atoms with Crippen LogP contribution in [0.1, 0.15) is 37.7 Å². The van der Waals surface area contributed by atoms with E-state index in [1.165, 1.54) is 30.5 Å². The number of nitrogens with two attached hydrogens (primary N) is 1. The van der Waals surface area contributed by atoms with Crippen LogP contribution in [-0.4, -0.2) is 13.1 Å². The highest BCUT2D eigenvalue weighted by molar-refractivity contribution is 6.33. The van der Waals surface area contributed by atoms with Crippen LogP contribution in [0.5, 0.6) is 0 Å². The van der Waals surface area contributed by atoms with Gasteiger partial charge in [-0.2, -0.15) is 0 Å². The largest absolute Gasteiger partial charge is 0.370 e. The Bertz CT molecular complexity index is 420. The highest BCUT2D eigenvalue weighted by Gasteiger charge is 2.34. The van der Waals surface area contributed by atoms with E-state index in [0.717, 1.165) is 31.0 Å². The van der Waals surface area contributed by atoms with Crippen LogP contribution in [0.2, 0.25) is 5.02 Å². The Morgan fingerprint density at radius 3 is 2.35 bits per heavy atom. The second-order valence-corrected chi connectivity index (χ2v) is 5.78. The summed E-state index contributed by atoms with van der Waals surface area (Å²) < 4.78 is 0. The first kappa shape index (κ1) is 11.4. The molecule has 0 aromatic heterocycles. The van der Waals surface area contributed by atoms with Crippen molar-refractivity contribution in [2.75, 3.05) is 18.0 Å². The Morgan fingerprint density at radius 2 is 1.82 bits per heavy atom. The monoisotopic (exact) mass is 250 g/mol. The normalized spacial score (nSPS) is 22.6. The standard InChI is InChI=1S/C14H19ClN2/c15-12-10-11(14(16)6-3-7-14)4-5-13(12)17-8-1-2-9-17/h4-5,10H,1-3,6-9,16H2. The topological polar surface area (TPSA) is 29.3 Å². The molecule has 3 rings (SSSR count). The van der Waals surface area contributed by atoms with E-state index in [9.17, 15) is 0 Å². The summed E-state index contributed by atoms with van der Waals surface area (Å²) in [7, 11) is 0. The molecule has 0 spiro atoms. The van der Waals surface area contributed by atoms with Crippen molar-refractivity contribution in [1.82, 2.24) is 0 Å². The third kappa shape index (κ3) is 1.94. The molecule has 3 heteroatoms. The Morgan fingerprint density at radius 1 is 1.12 bits per heavy atom. The molecule has 1 saturated heterocycles. The number of hydrogen-bond donors (Lipinski definition) is 1. The maximum atomic E-state index is 6.40. The molecule has 1 aliphatic carbocycles. The zero-order valence-corrected chi connectivity index (χ0v) is 10.8. The third-order valence-electron chi connectivity index (χ3n) is 4.22. The molecule has 2 N–H and O–H groups in total. The third-order valence-corrected chi connectivity index (χ3v) is 4.52. The number of halogens is 1. The molecule has 1 heterocycles. The molecule has 1 saturated carbocycles. The van der Waals surface area contributed by atoms with E-state index in [1.807, 2.05) is 0 Å². The van der Waals surface area contributed by atoms with E-state index in [4.69, 9.17) is 17.3 Å². The average Bonchev–Trinajstić information content (AvgIpc) is 2.79. The van der Waals surface area contributed by atoms with E-state index in [1.54, 1.807) is 0 Å². The molecular weight excluding hydrogens is 232 g/mol. The van der Waals surface area contributed by atoms with Crippen molar-refractivity contribution >= 4 is 17.3 Å². The van der Waals surface area contributed by atoms with Crippen LogP contribution >= 0.6 is 11.6 Å². The molecular formula is C14H19ClN2. The minimum Gasteiger partial charge on any atom is -0.370 e. The minimum atomic E-state index is -0.104. The molecule has 0 amide bonds. The van der Waals surface area contributed by atoms with E-state index in [2.05, 4.69) is 23.1 Å². The van der Waals surface area contributed by atoms with E-state index >= 15 is 0 Å². The first-order valence-electron chi connectivity index (χ1n) is 6.53. The Hall–Kier alpha value is -0.730. The van der Waals surface area contributed by atoms with Crippen LogP contribution < -0.4 is 10.6 Å².